The fourth-order valence-corrected chi connectivity index (χ4v) is 4.60. The van der Waals surface area contributed by atoms with E-state index in [0.717, 1.165) is 55.8 Å². The maximum absolute atomic E-state index is 12.6. The minimum atomic E-state index is -0.516. The van der Waals surface area contributed by atoms with Gasteiger partial charge in [-0.25, -0.2) is 9.67 Å². The number of carbonyl (C=O) groups is 1. The van der Waals surface area contributed by atoms with Gasteiger partial charge in [0.1, 0.15) is 12.3 Å². The van der Waals surface area contributed by atoms with Crippen LogP contribution in [-0.4, -0.2) is 62.9 Å². The summed E-state index contributed by atoms with van der Waals surface area (Å²) in [6.07, 6.45) is 3.13. The number of rotatable bonds is 10. The number of ether oxygens (including phenoxy) is 1. The fourth-order valence-electron chi connectivity index (χ4n) is 4.60. The molecule has 0 aliphatic carbocycles. The molecule has 1 N–H and O–H groups in total. The minimum Gasteiger partial charge on any atom is -0.497 e. The molecule has 1 aliphatic rings. The minimum absolute atomic E-state index is 0.139. The van der Waals surface area contributed by atoms with E-state index in [1.54, 1.807) is 11.8 Å². The van der Waals surface area contributed by atoms with Gasteiger partial charge in [0.25, 0.3) is 0 Å². The van der Waals surface area contributed by atoms with Gasteiger partial charge < -0.3 is 14.7 Å². The van der Waals surface area contributed by atoms with E-state index in [2.05, 4.69) is 29.2 Å². The second-order valence-corrected chi connectivity index (χ2v) is 10.6. The van der Waals surface area contributed by atoms with E-state index in [-0.39, 0.29) is 12.3 Å². The first-order valence-electron chi connectivity index (χ1n) is 12.9. The van der Waals surface area contributed by atoms with Gasteiger partial charge in [0, 0.05) is 37.2 Å². The van der Waals surface area contributed by atoms with Crippen molar-refractivity contribution in [1.29, 1.82) is 0 Å². The Morgan fingerprint density at radius 1 is 1.11 bits per heavy atom. The molecule has 2 heterocycles. The summed E-state index contributed by atoms with van der Waals surface area (Å²) >= 11 is 0. The predicted octanol–water partition coefficient (Wildman–Crippen LogP) is 4.63. The SMILES string of the molecule is COc1cccc(-c2nc(-c3ccc(CCN4CCC(C)(O)CC4)cc3)nn2CC(=O)CC(C)C)c1. The topological polar surface area (TPSA) is 80.5 Å². The van der Waals surface area contributed by atoms with Crippen molar-refractivity contribution in [3.8, 4) is 28.5 Å². The molecule has 36 heavy (non-hydrogen) atoms. The zero-order valence-corrected chi connectivity index (χ0v) is 21.9. The van der Waals surface area contributed by atoms with Gasteiger partial charge in [0.05, 0.1) is 12.7 Å². The first-order valence-corrected chi connectivity index (χ1v) is 12.9. The van der Waals surface area contributed by atoms with E-state index in [0.29, 0.717) is 24.0 Å². The molecule has 7 heteroatoms. The number of nitrogens with zero attached hydrogens (tertiary/aromatic N) is 4. The highest BCUT2D eigenvalue weighted by Gasteiger charge is 2.26. The highest BCUT2D eigenvalue weighted by Crippen LogP contribution is 2.26. The van der Waals surface area contributed by atoms with Crippen LogP contribution in [0.3, 0.4) is 0 Å². The van der Waals surface area contributed by atoms with Crippen molar-refractivity contribution >= 4 is 5.78 Å². The second-order valence-electron chi connectivity index (χ2n) is 10.6. The summed E-state index contributed by atoms with van der Waals surface area (Å²) in [5, 5.41) is 14.9. The van der Waals surface area contributed by atoms with Crippen molar-refractivity contribution in [1.82, 2.24) is 19.7 Å². The van der Waals surface area contributed by atoms with Crippen molar-refractivity contribution in [3.05, 3.63) is 54.1 Å². The number of benzene rings is 2. The van der Waals surface area contributed by atoms with E-state index in [9.17, 15) is 9.90 Å². The number of hydrogen-bond acceptors (Lipinski definition) is 6. The molecule has 0 radical (unpaired) electrons. The third-order valence-corrected chi connectivity index (χ3v) is 6.82. The van der Waals surface area contributed by atoms with Gasteiger partial charge in [-0.1, -0.05) is 50.2 Å². The number of hydrogen-bond donors (Lipinski definition) is 1. The number of ketones is 1. The Labute approximate surface area is 214 Å². The summed E-state index contributed by atoms with van der Waals surface area (Å²) in [5.41, 5.74) is 2.53. The van der Waals surface area contributed by atoms with Crippen LogP contribution in [0, 0.1) is 5.92 Å². The number of piperidine rings is 1. The van der Waals surface area contributed by atoms with Crippen molar-refractivity contribution in [3.63, 3.8) is 0 Å². The zero-order chi connectivity index (χ0) is 25.7. The molecule has 0 amide bonds. The Morgan fingerprint density at radius 2 is 1.83 bits per heavy atom. The van der Waals surface area contributed by atoms with Gasteiger partial charge >= 0.3 is 0 Å². The first kappa shape index (κ1) is 26.0. The summed E-state index contributed by atoms with van der Waals surface area (Å²) in [6.45, 7) is 9.08. The molecular weight excluding hydrogens is 452 g/mol. The number of methoxy groups -OCH3 is 1. The smallest absolute Gasteiger partial charge is 0.181 e. The molecule has 1 aromatic heterocycles. The lowest BCUT2D eigenvalue weighted by atomic mass is 9.93. The molecule has 1 fully saturated rings. The molecule has 0 atom stereocenters. The van der Waals surface area contributed by atoms with Crippen LogP contribution < -0.4 is 4.74 Å². The van der Waals surface area contributed by atoms with E-state index in [1.165, 1.54) is 5.56 Å². The fraction of sp³-hybridized carbons (Fsp3) is 0.483. The summed E-state index contributed by atoms with van der Waals surface area (Å²) in [5.74, 6) is 2.44. The highest BCUT2D eigenvalue weighted by molar-refractivity contribution is 5.79. The van der Waals surface area contributed by atoms with Gasteiger partial charge in [0.15, 0.2) is 17.4 Å². The summed E-state index contributed by atoms with van der Waals surface area (Å²) in [4.78, 5) is 19.9. The lowest BCUT2D eigenvalue weighted by Gasteiger charge is -2.35. The van der Waals surface area contributed by atoms with Crippen molar-refractivity contribution in [2.75, 3.05) is 26.7 Å². The second kappa shape index (κ2) is 11.4. The number of aromatic nitrogens is 3. The van der Waals surface area contributed by atoms with Crippen LogP contribution in [0.15, 0.2) is 48.5 Å². The van der Waals surface area contributed by atoms with Crippen LogP contribution in [0.4, 0.5) is 0 Å². The van der Waals surface area contributed by atoms with Gasteiger partial charge in [-0.2, -0.15) is 0 Å². The predicted molar refractivity (Wildman–Crippen MR) is 142 cm³/mol. The standard InChI is InChI=1S/C29H38N4O3/c1-21(2)18-25(34)20-33-28(24-6-5-7-26(19-24)36-4)30-27(31-33)23-10-8-22(9-11-23)12-15-32-16-13-29(3,35)14-17-32/h5-11,19,21,35H,12-18,20H2,1-4H3. The molecule has 2 aromatic carbocycles. The van der Waals surface area contributed by atoms with E-state index in [1.807, 2.05) is 45.0 Å². The molecule has 0 saturated carbocycles. The number of likely N-dealkylation sites (tertiary alicyclic amines) is 1. The molecule has 0 spiro atoms. The van der Waals surface area contributed by atoms with Gasteiger partial charge in [-0.05, 0) is 49.8 Å². The summed E-state index contributed by atoms with van der Waals surface area (Å²) in [7, 11) is 1.64. The molecule has 1 saturated heterocycles. The Kier molecular flexibility index (Phi) is 8.21. The number of aliphatic hydroxyl groups is 1. The third-order valence-electron chi connectivity index (χ3n) is 6.82. The maximum atomic E-state index is 12.6. The van der Waals surface area contributed by atoms with Crippen LogP contribution in [0.1, 0.15) is 45.6 Å². The molecule has 1 aliphatic heterocycles. The van der Waals surface area contributed by atoms with E-state index >= 15 is 0 Å². The Morgan fingerprint density at radius 3 is 2.50 bits per heavy atom. The average molecular weight is 491 g/mol. The van der Waals surface area contributed by atoms with Crippen LogP contribution in [0.5, 0.6) is 5.75 Å². The maximum Gasteiger partial charge on any atom is 0.181 e. The summed E-state index contributed by atoms with van der Waals surface area (Å²) < 4.78 is 7.11. The molecule has 4 rings (SSSR count). The normalized spacial score (nSPS) is 15.8. The zero-order valence-electron chi connectivity index (χ0n) is 21.9. The third kappa shape index (κ3) is 6.80. The van der Waals surface area contributed by atoms with Gasteiger partial charge in [-0.15, -0.1) is 5.10 Å². The van der Waals surface area contributed by atoms with Crippen molar-refractivity contribution in [2.45, 2.75) is 58.6 Å². The Balaban J connectivity index is 1.51. The average Bonchev–Trinajstić information content (AvgIpc) is 3.26. The van der Waals surface area contributed by atoms with E-state index in [4.69, 9.17) is 14.8 Å². The van der Waals surface area contributed by atoms with E-state index < -0.39 is 5.60 Å². The van der Waals surface area contributed by atoms with Crippen molar-refractivity contribution in [2.24, 2.45) is 5.92 Å². The van der Waals surface area contributed by atoms with Crippen LogP contribution in [0.25, 0.3) is 22.8 Å². The summed E-state index contributed by atoms with van der Waals surface area (Å²) in [6, 6.07) is 16.1. The lowest BCUT2D eigenvalue weighted by Crippen LogP contribution is -2.43. The molecule has 192 valence electrons. The lowest BCUT2D eigenvalue weighted by molar-refractivity contribution is -0.120. The molecule has 0 unspecified atom stereocenters. The number of Topliss-reactive ketones (excluding diaryl/α,β-unsaturated/α-hetero) is 1. The molecule has 0 bridgehead atoms. The largest absolute Gasteiger partial charge is 0.497 e. The molecular formula is C29H38N4O3. The first-order chi connectivity index (χ1) is 17.2. The molecule has 3 aromatic rings. The van der Waals surface area contributed by atoms with Crippen molar-refractivity contribution < 1.29 is 14.6 Å². The number of carbonyl (C=O) groups excluding carboxylic acids is 1. The Hall–Kier alpha value is -3.03. The van der Waals surface area contributed by atoms with Crippen LogP contribution in [-0.2, 0) is 17.8 Å². The Bertz CT molecular complexity index is 1160. The van der Waals surface area contributed by atoms with Gasteiger partial charge in [-0.3, -0.25) is 4.79 Å². The van der Waals surface area contributed by atoms with Crippen LogP contribution >= 0.6 is 0 Å². The highest BCUT2D eigenvalue weighted by atomic mass is 16.5. The van der Waals surface area contributed by atoms with Crippen LogP contribution in [0.2, 0.25) is 0 Å². The molecule has 7 nitrogen and oxygen atoms in total. The quantitative estimate of drug-likeness (QED) is 0.447. The monoisotopic (exact) mass is 490 g/mol. The van der Waals surface area contributed by atoms with Gasteiger partial charge in [0.2, 0.25) is 0 Å².